The van der Waals surface area contributed by atoms with Crippen LogP contribution in [0, 0.1) is 0 Å². The number of hydrogen-bond acceptors (Lipinski definition) is 1. The van der Waals surface area contributed by atoms with Crippen molar-refractivity contribution in [3.8, 4) is 0 Å². The molecule has 1 aromatic carbocycles. The fraction of sp³-hybridized carbons (Fsp3) is 0.375. The Hall–Kier alpha value is -1.25. The second kappa shape index (κ2) is 6.78. The number of aromatic nitrogens is 1. The van der Waals surface area contributed by atoms with E-state index in [1.165, 1.54) is 5.69 Å². The van der Waals surface area contributed by atoms with E-state index in [1.54, 1.807) is 0 Å². The van der Waals surface area contributed by atoms with E-state index in [0.29, 0.717) is 0 Å². The molecule has 102 valence electrons. The van der Waals surface area contributed by atoms with Crippen molar-refractivity contribution in [3.63, 3.8) is 0 Å². The molecule has 2 rings (SSSR count). The summed E-state index contributed by atoms with van der Waals surface area (Å²) in [6.07, 6.45) is 3.29. The summed E-state index contributed by atoms with van der Waals surface area (Å²) in [5, 5.41) is 4.36. The number of halogens is 1. The quantitative estimate of drug-likeness (QED) is 0.827. The minimum Gasteiger partial charge on any atom is -0.350 e. The van der Waals surface area contributed by atoms with Gasteiger partial charge in [-0.15, -0.1) is 0 Å². The second-order valence-corrected chi connectivity index (χ2v) is 5.22. The molecule has 0 spiro atoms. The third-order valence-corrected chi connectivity index (χ3v) is 3.69. The van der Waals surface area contributed by atoms with E-state index in [1.807, 2.05) is 18.2 Å². The molecule has 0 aliphatic carbocycles. The van der Waals surface area contributed by atoms with Crippen molar-refractivity contribution in [2.45, 2.75) is 39.4 Å². The molecule has 0 saturated carbocycles. The average Bonchev–Trinajstić information content (AvgIpc) is 2.84. The average molecular weight is 277 g/mol. The first-order chi connectivity index (χ1) is 9.22. The number of aryl methyl sites for hydroxylation is 1. The number of nitrogens with one attached hydrogen (secondary N) is 1. The Morgan fingerprint density at radius 1 is 1.21 bits per heavy atom. The Bertz CT molecular complexity index is 519. The van der Waals surface area contributed by atoms with Crippen LogP contribution in [0.3, 0.4) is 0 Å². The van der Waals surface area contributed by atoms with Crippen molar-refractivity contribution in [3.05, 3.63) is 58.9 Å². The molecular formula is C16H21ClN2. The van der Waals surface area contributed by atoms with Crippen molar-refractivity contribution >= 4 is 11.6 Å². The smallest absolute Gasteiger partial charge is 0.0453 e. The summed E-state index contributed by atoms with van der Waals surface area (Å²) >= 11 is 6.22. The van der Waals surface area contributed by atoms with Crippen LogP contribution in [0.5, 0.6) is 0 Å². The van der Waals surface area contributed by atoms with Gasteiger partial charge in [0.05, 0.1) is 0 Å². The van der Waals surface area contributed by atoms with E-state index < -0.39 is 0 Å². The van der Waals surface area contributed by atoms with Crippen molar-refractivity contribution in [1.82, 2.24) is 9.88 Å². The Kier molecular flexibility index (Phi) is 5.06. The van der Waals surface area contributed by atoms with Gasteiger partial charge in [0, 0.05) is 36.0 Å². The lowest BCUT2D eigenvalue weighted by Gasteiger charge is -2.16. The van der Waals surface area contributed by atoms with E-state index in [9.17, 15) is 0 Å². The van der Waals surface area contributed by atoms with Gasteiger partial charge in [-0.2, -0.15) is 0 Å². The van der Waals surface area contributed by atoms with Crippen LogP contribution in [-0.2, 0) is 13.1 Å². The Morgan fingerprint density at radius 3 is 2.74 bits per heavy atom. The third-order valence-electron chi connectivity index (χ3n) is 3.35. The van der Waals surface area contributed by atoms with Crippen LogP contribution in [0.4, 0.5) is 0 Å². The van der Waals surface area contributed by atoms with Gasteiger partial charge in [0.2, 0.25) is 0 Å². The molecule has 19 heavy (non-hydrogen) atoms. The summed E-state index contributed by atoms with van der Waals surface area (Å²) in [5.74, 6) is 0. The first-order valence-corrected chi connectivity index (χ1v) is 7.22. The van der Waals surface area contributed by atoms with Crippen LogP contribution in [0.2, 0.25) is 5.02 Å². The highest BCUT2D eigenvalue weighted by Gasteiger charge is 2.09. The Labute approximate surface area is 120 Å². The summed E-state index contributed by atoms with van der Waals surface area (Å²) in [5.41, 5.74) is 2.47. The van der Waals surface area contributed by atoms with Crippen LogP contribution >= 0.6 is 11.6 Å². The summed E-state index contributed by atoms with van der Waals surface area (Å²) in [6.45, 7) is 6.28. The molecule has 1 aromatic heterocycles. The normalized spacial score (nSPS) is 12.6. The summed E-state index contributed by atoms with van der Waals surface area (Å²) in [7, 11) is 0. The predicted molar refractivity (Wildman–Crippen MR) is 81.4 cm³/mol. The predicted octanol–water partition coefficient (Wildman–Crippen LogP) is 4.40. The molecule has 0 radical (unpaired) electrons. The zero-order valence-electron chi connectivity index (χ0n) is 11.6. The van der Waals surface area contributed by atoms with E-state index >= 15 is 0 Å². The standard InChI is InChI=1S/C16H21ClN2/c1-3-10-19-11-6-7-14(19)12-18-13(2)15-8-4-5-9-16(15)17/h4-9,11,13,18H,3,10,12H2,1-2H3/t13-/m0/s1. The van der Waals surface area contributed by atoms with Gasteiger partial charge in [-0.05, 0) is 37.1 Å². The van der Waals surface area contributed by atoms with Crippen molar-refractivity contribution in [1.29, 1.82) is 0 Å². The van der Waals surface area contributed by atoms with Gasteiger partial charge in [0.15, 0.2) is 0 Å². The van der Waals surface area contributed by atoms with Gasteiger partial charge in [0.1, 0.15) is 0 Å². The van der Waals surface area contributed by atoms with Crippen molar-refractivity contribution in [2.75, 3.05) is 0 Å². The first kappa shape index (κ1) is 14.2. The third kappa shape index (κ3) is 3.62. The molecule has 1 atom stereocenters. The minimum absolute atomic E-state index is 0.249. The van der Waals surface area contributed by atoms with E-state index in [2.05, 4.69) is 48.1 Å². The number of benzene rings is 1. The molecule has 0 unspecified atom stereocenters. The molecule has 0 saturated heterocycles. The molecule has 0 aliphatic heterocycles. The van der Waals surface area contributed by atoms with Crippen molar-refractivity contribution in [2.24, 2.45) is 0 Å². The van der Waals surface area contributed by atoms with E-state index in [-0.39, 0.29) is 6.04 Å². The molecule has 1 heterocycles. The van der Waals surface area contributed by atoms with Gasteiger partial charge in [0.25, 0.3) is 0 Å². The first-order valence-electron chi connectivity index (χ1n) is 6.84. The number of hydrogen-bond donors (Lipinski definition) is 1. The molecule has 1 N–H and O–H groups in total. The number of nitrogens with zero attached hydrogens (tertiary/aromatic N) is 1. The zero-order chi connectivity index (χ0) is 13.7. The highest BCUT2D eigenvalue weighted by Crippen LogP contribution is 2.22. The molecular weight excluding hydrogens is 256 g/mol. The summed E-state index contributed by atoms with van der Waals surface area (Å²) in [4.78, 5) is 0. The van der Waals surface area contributed by atoms with E-state index in [4.69, 9.17) is 11.6 Å². The van der Waals surface area contributed by atoms with Gasteiger partial charge < -0.3 is 9.88 Å². The van der Waals surface area contributed by atoms with Crippen LogP contribution in [0.25, 0.3) is 0 Å². The molecule has 0 amide bonds. The fourth-order valence-corrected chi connectivity index (χ4v) is 2.56. The lowest BCUT2D eigenvalue weighted by atomic mass is 10.1. The Morgan fingerprint density at radius 2 is 2.00 bits per heavy atom. The van der Waals surface area contributed by atoms with Crippen LogP contribution in [0.1, 0.15) is 37.6 Å². The second-order valence-electron chi connectivity index (χ2n) is 4.82. The molecule has 2 aromatic rings. The maximum absolute atomic E-state index is 6.22. The van der Waals surface area contributed by atoms with Crippen LogP contribution in [0.15, 0.2) is 42.6 Å². The van der Waals surface area contributed by atoms with Gasteiger partial charge in [-0.3, -0.25) is 0 Å². The fourth-order valence-electron chi connectivity index (χ4n) is 2.26. The summed E-state index contributed by atoms with van der Waals surface area (Å²) in [6, 6.07) is 12.5. The summed E-state index contributed by atoms with van der Waals surface area (Å²) < 4.78 is 2.30. The van der Waals surface area contributed by atoms with Crippen LogP contribution < -0.4 is 5.32 Å². The monoisotopic (exact) mass is 276 g/mol. The van der Waals surface area contributed by atoms with E-state index in [0.717, 1.165) is 30.1 Å². The molecule has 2 nitrogen and oxygen atoms in total. The minimum atomic E-state index is 0.249. The topological polar surface area (TPSA) is 17.0 Å². The highest BCUT2D eigenvalue weighted by molar-refractivity contribution is 6.31. The van der Waals surface area contributed by atoms with Crippen LogP contribution in [-0.4, -0.2) is 4.57 Å². The molecule has 0 bridgehead atoms. The van der Waals surface area contributed by atoms with Gasteiger partial charge in [-0.1, -0.05) is 36.7 Å². The molecule has 0 aliphatic rings. The van der Waals surface area contributed by atoms with Crippen molar-refractivity contribution < 1.29 is 0 Å². The SMILES string of the molecule is CCCn1cccc1CN[C@@H](C)c1ccccc1Cl. The highest BCUT2D eigenvalue weighted by atomic mass is 35.5. The lowest BCUT2D eigenvalue weighted by Crippen LogP contribution is -2.20. The largest absolute Gasteiger partial charge is 0.350 e. The maximum atomic E-state index is 6.22. The zero-order valence-corrected chi connectivity index (χ0v) is 12.3. The lowest BCUT2D eigenvalue weighted by molar-refractivity contribution is 0.542. The molecule has 0 fully saturated rings. The van der Waals surface area contributed by atoms with Gasteiger partial charge in [-0.25, -0.2) is 0 Å². The maximum Gasteiger partial charge on any atom is 0.0453 e. The number of rotatable bonds is 6. The Balaban J connectivity index is 1.98. The molecule has 3 heteroatoms. The van der Waals surface area contributed by atoms with Gasteiger partial charge >= 0.3 is 0 Å².